The number of hydrogen-bond acceptors (Lipinski definition) is 3. The van der Waals surface area contributed by atoms with Crippen LogP contribution in [0.2, 0.25) is 0 Å². The summed E-state index contributed by atoms with van der Waals surface area (Å²) in [5.41, 5.74) is 1.01. The summed E-state index contributed by atoms with van der Waals surface area (Å²) in [7, 11) is 0. The first-order chi connectivity index (χ1) is 10.6. The number of carbonyl (C=O) groups is 1. The molecule has 0 unspecified atom stereocenters. The highest BCUT2D eigenvalue weighted by Crippen LogP contribution is 2.27. The van der Waals surface area contributed by atoms with Gasteiger partial charge in [-0.25, -0.2) is 0 Å². The number of likely N-dealkylation sites (tertiary alicyclic amines) is 1. The van der Waals surface area contributed by atoms with E-state index in [-0.39, 0.29) is 24.4 Å². The lowest BCUT2D eigenvalue weighted by molar-refractivity contribution is -0.117. The van der Waals surface area contributed by atoms with Crippen LogP contribution in [0.3, 0.4) is 0 Å². The molecule has 1 amide bonds. The van der Waals surface area contributed by atoms with E-state index in [1.165, 1.54) is 0 Å². The molecule has 4 nitrogen and oxygen atoms in total. The van der Waals surface area contributed by atoms with Crippen molar-refractivity contribution in [3.05, 3.63) is 30.3 Å². The minimum atomic E-state index is 0. The molecule has 0 N–H and O–H groups in total. The second kappa shape index (κ2) is 9.91. The van der Waals surface area contributed by atoms with Gasteiger partial charge in [0.2, 0.25) is 5.91 Å². The molecular formula is C18H29ClN2O2. The fourth-order valence-corrected chi connectivity index (χ4v) is 3.34. The van der Waals surface area contributed by atoms with Crippen LogP contribution in [0, 0.1) is 5.92 Å². The minimum absolute atomic E-state index is 0. The van der Waals surface area contributed by atoms with Crippen molar-refractivity contribution in [1.82, 2.24) is 4.90 Å². The third-order valence-electron chi connectivity index (χ3n) is 4.41. The van der Waals surface area contributed by atoms with Crippen LogP contribution in [0.15, 0.2) is 30.3 Å². The number of amides is 1. The highest BCUT2D eigenvalue weighted by molar-refractivity contribution is 5.92. The van der Waals surface area contributed by atoms with Gasteiger partial charge in [-0.2, -0.15) is 0 Å². The smallest absolute Gasteiger partial charge is 0.224 e. The van der Waals surface area contributed by atoms with Gasteiger partial charge in [0.05, 0.1) is 6.61 Å². The van der Waals surface area contributed by atoms with Gasteiger partial charge in [0, 0.05) is 44.9 Å². The van der Waals surface area contributed by atoms with E-state index in [0.29, 0.717) is 5.92 Å². The van der Waals surface area contributed by atoms with Crippen molar-refractivity contribution in [2.45, 2.75) is 33.2 Å². The van der Waals surface area contributed by atoms with E-state index in [4.69, 9.17) is 4.74 Å². The third kappa shape index (κ3) is 5.48. The van der Waals surface area contributed by atoms with Crippen molar-refractivity contribution in [1.29, 1.82) is 0 Å². The molecule has 1 heterocycles. The number of halogens is 1. The van der Waals surface area contributed by atoms with E-state index in [1.54, 1.807) is 6.92 Å². The van der Waals surface area contributed by atoms with Gasteiger partial charge in [0.1, 0.15) is 0 Å². The Morgan fingerprint density at radius 3 is 2.61 bits per heavy atom. The predicted octanol–water partition coefficient (Wildman–Crippen LogP) is 3.21. The number of para-hydroxylation sites is 1. The molecule has 1 saturated heterocycles. The normalized spacial score (nSPS) is 21.5. The average Bonchev–Trinajstić information content (AvgIpc) is 2.51. The Labute approximate surface area is 146 Å². The van der Waals surface area contributed by atoms with Gasteiger partial charge in [-0.05, 0) is 31.4 Å². The molecule has 0 aliphatic carbocycles. The Morgan fingerprint density at radius 2 is 2.04 bits per heavy atom. The van der Waals surface area contributed by atoms with Crippen LogP contribution < -0.4 is 4.90 Å². The maximum Gasteiger partial charge on any atom is 0.224 e. The Balaban J connectivity index is 0.00000264. The highest BCUT2D eigenvalue weighted by Gasteiger charge is 2.32. The summed E-state index contributed by atoms with van der Waals surface area (Å²) in [6.45, 7) is 10.5. The summed E-state index contributed by atoms with van der Waals surface area (Å²) in [5.74, 6) is 0.588. The molecule has 0 radical (unpaired) electrons. The second-order valence-corrected chi connectivity index (χ2v) is 6.06. The monoisotopic (exact) mass is 340 g/mol. The molecule has 0 aromatic heterocycles. The Kier molecular flexibility index (Phi) is 8.59. The van der Waals surface area contributed by atoms with Gasteiger partial charge >= 0.3 is 0 Å². The lowest BCUT2D eigenvalue weighted by Crippen LogP contribution is -2.52. The third-order valence-corrected chi connectivity index (χ3v) is 4.41. The average molecular weight is 341 g/mol. The first kappa shape index (κ1) is 19.9. The second-order valence-electron chi connectivity index (χ2n) is 6.06. The summed E-state index contributed by atoms with van der Waals surface area (Å²) in [5, 5.41) is 0. The van der Waals surface area contributed by atoms with E-state index in [0.717, 1.165) is 45.0 Å². The van der Waals surface area contributed by atoms with Crippen LogP contribution >= 0.6 is 12.4 Å². The molecule has 1 aliphatic heterocycles. The van der Waals surface area contributed by atoms with Crippen LogP contribution in [0.4, 0.5) is 5.69 Å². The van der Waals surface area contributed by atoms with Crippen molar-refractivity contribution < 1.29 is 9.53 Å². The van der Waals surface area contributed by atoms with E-state index < -0.39 is 0 Å². The van der Waals surface area contributed by atoms with Crippen LogP contribution in [-0.2, 0) is 9.53 Å². The van der Waals surface area contributed by atoms with Crippen molar-refractivity contribution in [2.75, 3.05) is 37.7 Å². The summed E-state index contributed by atoms with van der Waals surface area (Å²) in [6, 6.07) is 10.3. The van der Waals surface area contributed by atoms with E-state index in [2.05, 4.69) is 11.8 Å². The molecule has 130 valence electrons. The number of benzene rings is 1. The molecule has 2 rings (SSSR count). The predicted molar refractivity (Wildman–Crippen MR) is 97.4 cm³/mol. The Morgan fingerprint density at radius 1 is 1.35 bits per heavy atom. The zero-order chi connectivity index (χ0) is 15.9. The van der Waals surface area contributed by atoms with Crippen molar-refractivity contribution in [3.63, 3.8) is 0 Å². The fourth-order valence-electron chi connectivity index (χ4n) is 3.34. The zero-order valence-electron chi connectivity index (χ0n) is 14.4. The summed E-state index contributed by atoms with van der Waals surface area (Å²) in [6.07, 6.45) is 1.02. The Bertz CT molecular complexity index is 469. The molecule has 0 spiro atoms. The molecule has 5 heteroatoms. The number of ether oxygens (including phenoxy) is 1. The van der Waals surface area contributed by atoms with Gasteiger partial charge in [0.15, 0.2) is 0 Å². The van der Waals surface area contributed by atoms with Crippen LogP contribution in [0.25, 0.3) is 0 Å². The molecular weight excluding hydrogens is 312 g/mol. The number of hydrogen-bond donors (Lipinski definition) is 0. The molecule has 23 heavy (non-hydrogen) atoms. The van der Waals surface area contributed by atoms with E-state index in [1.807, 2.05) is 42.2 Å². The van der Waals surface area contributed by atoms with Gasteiger partial charge in [-0.1, -0.05) is 25.1 Å². The van der Waals surface area contributed by atoms with Gasteiger partial charge < -0.3 is 14.5 Å². The van der Waals surface area contributed by atoms with Crippen molar-refractivity contribution in [3.8, 4) is 0 Å². The lowest BCUT2D eigenvalue weighted by atomic mass is 9.91. The molecule has 0 bridgehead atoms. The topological polar surface area (TPSA) is 32.8 Å². The van der Waals surface area contributed by atoms with Gasteiger partial charge in [-0.15, -0.1) is 12.4 Å². The SMILES string of the molecule is CCOCCN1CC[C@@H](N(C(C)=O)c2ccccc2)[C@H](C)C1.Cl. The number of rotatable bonds is 6. The molecule has 1 aromatic rings. The molecule has 1 fully saturated rings. The number of carbonyl (C=O) groups excluding carboxylic acids is 1. The zero-order valence-corrected chi connectivity index (χ0v) is 15.2. The molecule has 1 aliphatic rings. The number of nitrogens with zero attached hydrogens (tertiary/aromatic N) is 2. The molecule has 2 atom stereocenters. The van der Waals surface area contributed by atoms with Crippen LogP contribution in [0.1, 0.15) is 27.2 Å². The fraction of sp³-hybridized carbons (Fsp3) is 0.611. The maximum absolute atomic E-state index is 12.2. The van der Waals surface area contributed by atoms with Crippen molar-refractivity contribution in [2.24, 2.45) is 5.92 Å². The van der Waals surface area contributed by atoms with Crippen LogP contribution in [0.5, 0.6) is 0 Å². The summed E-state index contributed by atoms with van der Waals surface area (Å²) in [4.78, 5) is 16.6. The van der Waals surface area contributed by atoms with Crippen molar-refractivity contribution >= 4 is 24.0 Å². The highest BCUT2D eigenvalue weighted by atomic mass is 35.5. The first-order valence-electron chi connectivity index (χ1n) is 8.28. The molecule has 1 aromatic carbocycles. The minimum Gasteiger partial charge on any atom is -0.380 e. The first-order valence-corrected chi connectivity index (χ1v) is 8.28. The van der Waals surface area contributed by atoms with E-state index >= 15 is 0 Å². The van der Waals surface area contributed by atoms with Gasteiger partial charge in [-0.3, -0.25) is 4.79 Å². The van der Waals surface area contributed by atoms with Crippen LogP contribution in [-0.4, -0.2) is 49.7 Å². The van der Waals surface area contributed by atoms with E-state index in [9.17, 15) is 4.79 Å². The number of piperidine rings is 1. The number of anilines is 1. The summed E-state index contributed by atoms with van der Waals surface area (Å²) < 4.78 is 5.45. The maximum atomic E-state index is 12.2. The lowest BCUT2D eigenvalue weighted by Gasteiger charge is -2.42. The largest absolute Gasteiger partial charge is 0.380 e. The van der Waals surface area contributed by atoms with Gasteiger partial charge in [0.25, 0.3) is 0 Å². The summed E-state index contributed by atoms with van der Waals surface area (Å²) >= 11 is 0. The quantitative estimate of drug-likeness (QED) is 0.745. The standard InChI is InChI=1S/C18H28N2O2.ClH/c1-4-22-13-12-19-11-10-18(15(2)14-19)20(16(3)21)17-8-6-5-7-9-17;/h5-9,15,18H,4,10-14H2,1-3H3;1H/t15-,18-;/m1./s1. The molecule has 0 saturated carbocycles. The Hall–Kier alpha value is -1.10.